The molecule has 0 fully saturated rings. The van der Waals surface area contributed by atoms with Crippen molar-refractivity contribution in [2.75, 3.05) is 20.8 Å². The normalized spacial score (nSPS) is 13.2. The molecule has 0 aliphatic carbocycles. The van der Waals surface area contributed by atoms with Crippen LogP contribution in [-0.4, -0.2) is 26.4 Å². The Morgan fingerprint density at radius 2 is 2.00 bits per heavy atom. The van der Waals surface area contributed by atoms with Gasteiger partial charge in [-0.2, -0.15) is 0 Å². The third kappa shape index (κ3) is 5.64. The van der Waals surface area contributed by atoms with E-state index in [1.54, 1.807) is 13.2 Å². The van der Waals surface area contributed by atoms with Crippen LogP contribution in [0.2, 0.25) is 0 Å². The van der Waals surface area contributed by atoms with Crippen LogP contribution in [0.4, 0.5) is 4.39 Å². The molecule has 1 atom stereocenters. The quantitative estimate of drug-likeness (QED) is 0.745. The zero-order valence-electron chi connectivity index (χ0n) is 13.8. The topological polar surface area (TPSA) is 30.5 Å². The SMILES string of the molecule is CCCNC(CCC(C)(C)OC)c1ccc(F)c(OC)c1. The predicted octanol–water partition coefficient (Wildman–Crippen LogP) is 4.08. The molecule has 0 amide bonds. The van der Waals surface area contributed by atoms with Gasteiger partial charge in [0.2, 0.25) is 0 Å². The maximum Gasteiger partial charge on any atom is 0.165 e. The number of hydrogen-bond donors (Lipinski definition) is 1. The Balaban J connectivity index is 2.86. The first-order valence-electron chi connectivity index (χ1n) is 7.55. The molecule has 0 saturated heterocycles. The smallest absolute Gasteiger partial charge is 0.165 e. The molecule has 0 radical (unpaired) electrons. The maximum absolute atomic E-state index is 13.5. The van der Waals surface area contributed by atoms with Crippen molar-refractivity contribution in [3.8, 4) is 5.75 Å². The van der Waals surface area contributed by atoms with Gasteiger partial charge in [-0.3, -0.25) is 0 Å². The van der Waals surface area contributed by atoms with Gasteiger partial charge in [-0.05, 0) is 57.4 Å². The van der Waals surface area contributed by atoms with Crippen LogP contribution in [0.1, 0.15) is 51.6 Å². The second kappa shape index (κ2) is 8.35. The molecule has 1 aromatic carbocycles. The summed E-state index contributed by atoms with van der Waals surface area (Å²) >= 11 is 0. The van der Waals surface area contributed by atoms with E-state index < -0.39 is 0 Å². The van der Waals surface area contributed by atoms with Gasteiger partial charge >= 0.3 is 0 Å². The average Bonchev–Trinajstić information content (AvgIpc) is 2.48. The van der Waals surface area contributed by atoms with Crippen LogP contribution in [0.3, 0.4) is 0 Å². The molecule has 0 aliphatic heterocycles. The molecule has 0 heterocycles. The van der Waals surface area contributed by atoms with Crippen molar-refractivity contribution in [3.05, 3.63) is 29.6 Å². The molecule has 0 bridgehead atoms. The number of ether oxygens (including phenoxy) is 2. The number of benzene rings is 1. The third-order valence-corrected chi connectivity index (χ3v) is 3.81. The van der Waals surface area contributed by atoms with Crippen molar-refractivity contribution in [2.45, 2.75) is 51.7 Å². The van der Waals surface area contributed by atoms with Gasteiger partial charge in [-0.15, -0.1) is 0 Å². The maximum atomic E-state index is 13.5. The van der Waals surface area contributed by atoms with Crippen molar-refractivity contribution in [1.82, 2.24) is 5.32 Å². The Bertz CT molecular complexity index is 435. The van der Waals surface area contributed by atoms with E-state index in [1.807, 2.05) is 6.07 Å². The van der Waals surface area contributed by atoms with Gasteiger partial charge in [0, 0.05) is 13.2 Å². The summed E-state index contributed by atoms with van der Waals surface area (Å²) in [5.74, 6) is -0.0329. The van der Waals surface area contributed by atoms with Gasteiger partial charge in [0.15, 0.2) is 11.6 Å². The van der Waals surface area contributed by atoms with E-state index in [0.717, 1.165) is 31.4 Å². The van der Waals surface area contributed by atoms with Crippen molar-refractivity contribution in [3.63, 3.8) is 0 Å². The van der Waals surface area contributed by atoms with E-state index in [0.29, 0.717) is 5.75 Å². The third-order valence-electron chi connectivity index (χ3n) is 3.81. The average molecular weight is 297 g/mol. The van der Waals surface area contributed by atoms with E-state index in [9.17, 15) is 4.39 Å². The number of methoxy groups -OCH3 is 2. The van der Waals surface area contributed by atoms with Gasteiger partial charge in [-0.1, -0.05) is 13.0 Å². The summed E-state index contributed by atoms with van der Waals surface area (Å²) in [5.41, 5.74) is 0.893. The Morgan fingerprint density at radius 1 is 1.29 bits per heavy atom. The molecule has 0 aliphatic rings. The summed E-state index contributed by atoms with van der Waals surface area (Å²) in [4.78, 5) is 0. The van der Waals surface area contributed by atoms with Gasteiger partial charge < -0.3 is 14.8 Å². The molecule has 1 rings (SSSR count). The van der Waals surface area contributed by atoms with Crippen molar-refractivity contribution in [2.24, 2.45) is 0 Å². The molecule has 1 unspecified atom stereocenters. The van der Waals surface area contributed by atoms with Gasteiger partial charge in [-0.25, -0.2) is 4.39 Å². The lowest BCUT2D eigenvalue weighted by atomic mass is 9.94. The largest absolute Gasteiger partial charge is 0.494 e. The molecule has 21 heavy (non-hydrogen) atoms. The summed E-state index contributed by atoms with van der Waals surface area (Å²) in [6, 6.07) is 5.25. The number of nitrogens with one attached hydrogen (secondary N) is 1. The minimum absolute atomic E-state index is 0.156. The van der Waals surface area contributed by atoms with Crippen LogP contribution in [-0.2, 0) is 4.74 Å². The first kappa shape index (κ1) is 17.9. The van der Waals surface area contributed by atoms with E-state index >= 15 is 0 Å². The molecule has 1 N–H and O–H groups in total. The Labute approximate surface area is 127 Å². The van der Waals surface area contributed by atoms with Crippen LogP contribution in [0, 0.1) is 5.82 Å². The molecule has 4 heteroatoms. The standard InChI is InChI=1S/C17H28FNO2/c1-6-11-19-15(9-10-17(2,3)21-5)13-7-8-14(18)16(12-13)20-4/h7-8,12,15,19H,6,9-11H2,1-5H3. The number of hydrogen-bond acceptors (Lipinski definition) is 3. The lowest BCUT2D eigenvalue weighted by Crippen LogP contribution is -2.28. The van der Waals surface area contributed by atoms with E-state index in [-0.39, 0.29) is 17.5 Å². The molecular formula is C17H28FNO2. The zero-order chi connectivity index (χ0) is 15.9. The first-order chi connectivity index (χ1) is 9.93. The van der Waals surface area contributed by atoms with Crippen LogP contribution >= 0.6 is 0 Å². The Kier molecular flexibility index (Phi) is 7.12. The number of halogens is 1. The van der Waals surface area contributed by atoms with E-state index in [1.165, 1.54) is 13.2 Å². The van der Waals surface area contributed by atoms with Crippen molar-refractivity contribution < 1.29 is 13.9 Å². The molecule has 0 saturated carbocycles. The van der Waals surface area contributed by atoms with Crippen LogP contribution in [0.25, 0.3) is 0 Å². The minimum Gasteiger partial charge on any atom is -0.494 e. The highest BCUT2D eigenvalue weighted by Crippen LogP contribution is 2.28. The van der Waals surface area contributed by atoms with Gasteiger partial charge in [0.25, 0.3) is 0 Å². The fourth-order valence-electron chi connectivity index (χ4n) is 2.19. The van der Waals surface area contributed by atoms with Gasteiger partial charge in [0.05, 0.1) is 12.7 Å². The molecular weight excluding hydrogens is 269 g/mol. The lowest BCUT2D eigenvalue weighted by molar-refractivity contribution is 0.0117. The Hall–Kier alpha value is -1.13. The second-order valence-electron chi connectivity index (χ2n) is 5.90. The van der Waals surface area contributed by atoms with E-state index in [2.05, 4.69) is 26.1 Å². The highest BCUT2D eigenvalue weighted by molar-refractivity contribution is 5.32. The summed E-state index contributed by atoms with van der Waals surface area (Å²) < 4.78 is 24.1. The van der Waals surface area contributed by atoms with Crippen molar-refractivity contribution in [1.29, 1.82) is 0 Å². The first-order valence-corrected chi connectivity index (χ1v) is 7.55. The van der Waals surface area contributed by atoms with Crippen molar-refractivity contribution >= 4 is 0 Å². The molecule has 0 spiro atoms. The summed E-state index contributed by atoms with van der Waals surface area (Å²) in [6.45, 7) is 7.22. The summed E-state index contributed by atoms with van der Waals surface area (Å²) in [7, 11) is 3.22. The molecule has 1 aromatic rings. The molecule has 120 valence electrons. The second-order valence-corrected chi connectivity index (χ2v) is 5.90. The molecule has 3 nitrogen and oxygen atoms in total. The van der Waals surface area contributed by atoms with Crippen LogP contribution in [0.5, 0.6) is 5.75 Å². The fraction of sp³-hybridized carbons (Fsp3) is 0.647. The zero-order valence-corrected chi connectivity index (χ0v) is 13.8. The van der Waals surface area contributed by atoms with Crippen LogP contribution in [0.15, 0.2) is 18.2 Å². The number of rotatable bonds is 9. The monoisotopic (exact) mass is 297 g/mol. The minimum atomic E-state index is -0.326. The predicted molar refractivity (Wildman–Crippen MR) is 84.3 cm³/mol. The summed E-state index contributed by atoms with van der Waals surface area (Å²) in [6.07, 6.45) is 2.91. The molecule has 0 aromatic heterocycles. The van der Waals surface area contributed by atoms with Gasteiger partial charge in [0.1, 0.15) is 0 Å². The van der Waals surface area contributed by atoms with Crippen LogP contribution < -0.4 is 10.1 Å². The summed E-state index contributed by atoms with van der Waals surface area (Å²) in [5, 5.41) is 3.52. The fourth-order valence-corrected chi connectivity index (χ4v) is 2.19. The Morgan fingerprint density at radius 3 is 2.57 bits per heavy atom. The highest BCUT2D eigenvalue weighted by Gasteiger charge is 2.20. The lowest BCUT2D eigenvalue weighted by Gasteiger charge is -2.27. The highest BCUT2D eigenvalue weighted by atomic mass is 19.1. The van der Waals surface area contributed by atoms with E-state index in [4.69, 9.17) is 9.47 Å².